The van der Waals surface area contributed by atoms with Gasteiger partial charge in [-0.1, -0.05) is 32.9 Å². The molecule has 0 spiro atoms. The first-order chi connectivity index (χ1) is 7.06. The van der Waals surface area contributed by atoms with Gasteiger partial charge < -0.3 is 9.90 Å². The summed E-state index contributed by atoms with van der Waals surface area (Å²) in [4.78, 5) is 10.4. The molecule has 0 saturated carbocycles. The molecule has 2 nitrogen and oxygen atoms in total. The third kappa shape index (κ3) is 2.82. The number of phenolic OH excluding ortho intramolecular Hbond substituents is 1. The summed E-state index contributed by atoms with van der Waals surface area (Å²) in [7, 11) is 0. The fourth-order valence-corrected chi connectivity index (χ4v) is 1.60. The molecule has 1 aromatic carbocycles. The summed E-state index contributed by atoms with van der Waals surface area (Å²) in [5, 5.41) is 9.70. The molecule has 15 heavy (non-hydrogen) atoms. The summed E-state index contributed by atoms with van der Waals surface area (Å²) in [5.74, 6) is 0.808. The van der Waals surface area contributed by atoms with Gasteiger partial charge in [-0.05, 0) is 29.0 Å². The van der Waals surface area contributed by atoms with E-state index in [2.05, 4.69) is 13.8 Å². The van der Waals surface area contributed by atoms with Gasteiger partial charge in [0.05, 0.1) is 0 Å². The fourth-order valence-electron chi connectivity index (χ4n) is 1.60. The summed E-state index contributed by atoms with van der Waals surface area (Å²) in [6.45, 7) is 6.18. The predicted octanol–water partition coefficient (Wildman–Crippen LogP) is 3.21. The van der Waals surface area contributed by atoms with Crippen LogP contribution in [0.25, 0.3) is 0 Å². The molecule has 1 unspecified atom stereocenters. The monoisotopic (exact) mass is 206 g/mol. The number of hydrogen-bond acceptors (Lipinski definition) is 2. The van der Waals surface area contributed by atoms with E-state index in [1.807, 2.05) is 19.1 Å². The van der Waals surface area contributed by atoms with Gasteiger partial charge in [-0.15, -0.1) is 0 Å². The molecule has 0 bridgehead atoms. The number of aldehydes is 1. The number of benzene rings is 1. The van der Waals surface area contributed by atoms with Crippen LogP contribution in [0.15, 0.2) is 18.2 Å². The van der Waals surface area contributed by atoms with Gasteiger partial charge in [0, 0.05) is 6.42 Å². The lowest BCUT2D eigenvalue weighted by atomic mass is 9.92. The highest BCUT2D eigenvalue weighted by Gasteiger charge is 2.11. The van der Waals surface area contributed by atoms with Gasteiger partial charge in [0.2, 0.25) is 0 Å². The van der Waals surface area contributed by atoms with E-state index in [0.29, 0.717) is 12.3 Å². The second kappa shape index (κ2) is 4.96. The Bertz CT molecular complexity index is 342. The van der Waals surface area contributed by atoms with Crippen molar-refractivity contribution in [2.75, 3.05) is 0 Å². The maximum absolute atomic E-state index is 10.4. The zero-order valence-electron chi connectivity index (χ0n) is 9.53. The summed E-state index contributed by atoms with van der Waals surface area (Å²) in [6.07, 6.45) is 1.35. The minimum absolute atomic E-state index is 0.0844. The molecule has 0 heterocycles. The third-order valence-electron chi connectivity index (χ3n) is 2.70. The molecule has 82 valence electrons. The molecule has 0 amide bonds. The van der Waals surface area contributed by atoms with Crippen LogP contribution in [0, 0.1) is 0 Å². The van der Waals surface area contributed by atoms with Crippen molar-refractivity contribution in [3.05, 3.63) is 29.3 Å². The van der Waals surface area contributed by atoms with Crippen LogP contribution in [0.4, 0.5) is 0 Å². The predicted molar refractivity (Wildman–Crippen MR) is 61.3 cm³/mol. The number of phenols is 1. The second-order valence-corrected chi connectivity index (χ2v) is 4.28. The SMILES string of the molecule is CC(C)c1ccc(O)c(C(C)CC=O)c1. The van der Waals surface area contributed by atoms with E-state index < -0.39 is 0 Å². The maximum atomic E-state index is 10.4. The van der Waals surface area contributed by atoms with Gasteiger partial charge in [0.15, 0.2) is 0 Å². The molecule has 1 N–H and O–H groups in total. The van der Waals surface area contributed by atoms with E-state index in [1.165, 1.54) is 5.56 Å². The zero-order valence-corrected chi connectivity index (χ0v) is 9.53. The van der Waals surface area contributed by atoms with E-state index in [9.17, 15) is 9.90 Å². The first-order valence-corrected chi connectivity index (χ1v) is 5.32. The average Bonchev–Trinajstić information content (AvgIpc) is 2.18. The molecule has 1 atom stereocenters. The Labute approximate surface area is 90.9 Å². The van der Waals surface area contributed by atoms with Crippen LogP contribution in [-0.4, -0.2) is 11.4 Å². The van der Waals surface area contributed by atoms with Crippen LogP contribution < -0.4 is 0 Å². The molecule has 1 aromatic rings. The molecule has 0 saturated heterocycles. The maximum Gasteiger partial charge on any atom is 0.120 e. The van der Waals surface area contributed by atoms with Gasteiger partial charge in [-0.2, -0.15) is 0 Å². The lowest BCUT2D eigenvalue weighted by Gasteiger charge is -2.14. The van der Waals surface area contributed by atoms with Crippen LogP contribution in [0.5, 0.6) is 5.75 Å². The Morgan fingerprint density at radius 2 is 2.00 bits per heavy atom. The van der Waals surface area contributed by atoms with Gasteiger partial charge in [0.1, 0.15) is 12.0 Å². The highest BCUT2D eigenvalue weighted by Crippen LogP contribution is 2.30. The molecule has 0 aromatic heterocycles. The molecule has 0 fully saturated rings. The molecule has 0 aliphatic carbocycles. The highest BCUT2D eigenvalue weighted by atomic mass is 16.3. The summed E-state index contributed by atoms with van der Waals surface area (Å²) in [5.41, 5.74) is 2.06. The molecule has 2 heteroatoms. The third-order valence-corrected chi connectivity index (χ3v) is 2.70. The Hall–Kier alpha value is -1.31. The quantitative estimate of drug-likeness (QED) is 0.768. The minimum atomic E-state index is 0.0844. The van der Waals surface area contributed by atoms with Crippen LogP contribution >= 0.6 is 0 Å². The van der Waals surface area contributed by atoms with Crippen molar-refractivity contribution >= 4 is 6.29 Å². The molecular weight excluding hydrogens is 188 g/mol. The number of carbonyl (C=O) groups excluding carboxylic acids is 1. The van der Waals surface area contributed by atoms with Crippen molar-refractivity contribution < 1.29 is 9.90 Å². The van der Waals surface area contributed by atoms with Crippen molar-refractivity contribution in [3.63, 3.8) is 0 Å². The van der Waals surface area contributed by atoms with Crippen molar-refractivity contribution in [1.82, 2.24) is 0 Å². The number of aromatic hydroxyl groups is 1. The topological polar surface area (TPSA) is 37.3 Å². The lowest BCUT2D eigenvalue weighted by Crippen LogP contribution is -1.97. The minimum Gasteiger partial charge on any atom is -0.508 e. The van der Waals surface area contributed by atoms with Crippen molar-refractivity contribution in [2.45, 2.75) is 39.0 Å². The van der Waals surface area contributed by atoms with E-state index in [1.54, 1.807) is 6.07 Å². The van der Waals surface area contributed by atoms with Crippen LogP contribution in [0.3, 0.4) is 0 Å². The van der Waals surface area contributed by atoms with E-state index >= 15 is 0 Å². The summed E-state index contributed by atoms with van der Waals surface area (Å²) >= 11 is 0. The first kappa shape index (κ1) is 11.8. The van der Waals surface area contributed by atoms with Gasteiger partial charge in [-0.3, -0.25) is 0 Å². The highest BCUT2D eigenvalue weighted by molar-refractivity contribution is 5.53. The molecule has 0 aliphatic heterocycles. The largest absolute Gasteiger partial charge is 0.508 e. The van der Waals surface area contributed by atoms with Crippen molar-refractivity contribution in [3.8, 4) is 5.75 Å². The van der Waals surface area contributed by atoms with Crippen molar-refractivity contribution in [1.29, 1.82) is 0 Å². The Morgan fingerprint density at radius 1 is 1.33 bits per heavy atom. The molecule has 0 aliphatic rings. The van der Waals surface area contributed by atoms with Crippen LogP contribution in [0.2, 0.25) is 0 Å². The van der Waals surface area contributed by atoms with Gasteiger partial charge in [-0.25, -0.2) is 0 Å². The molecule has 0 radical (unpaired) electrons. The van der Waals surface area contributed by atoms with Gasteiger partial charge in [0.25, 0.3) is 0 Å². The smallest absolute Gasteiger partial charge is 0.120 e. The Balaban J connectivity index is 3.04. The fraction of sp³-hybridized carbons (Fsp3) is 0.462. The van der Waals surface area contributed by atoms with Gasteiger partial charge >= 0.3 is 0 Å². The number of rotatable bonds is 4. The number of hydrogen-bond donors (Lipinski definition) is 1. The van der Waals surface area contributed by atoms with Crippen LogP contribution in [0.1, 0.15) is 50.2 Å². The Morgan fingerprint density at radius 3 is 2.53 bits per heavy atom. The van der Waals surface area contributed by atoms with E-state index in [0.717, 1.165) is 11.8 Å². The Kier molecular flexibility index (Phi) is 3.89. The standard InChI is InChI=1S/C13H18O2/c1-9(2)11-4-5-13(15)12(8-11)10(3)6-7-14/h4-5,7-10,15H,6H2,1-3H3. The zero-order chi connectivity index (χ0) is 11.4. The molecule has 1 rings (SSSR count). The molecular formula is C13H18O2. The lowest BCUT2D eigenvalue weighted by molar-refractivity contribution is -0.108. The number of carbonyl (C=O) groups is 1. The average molecular weight is 206 g/mol. The summed E-state index contributed by atoms with van der Waals surface area (Å²) < 4.78 is 0. The van der Waals surface area contributed by atoms with Crippen molar-refractivity contribution in [2.24, 2.45) is 0 Å². The summed E-state index contributed by atoms with van der Waals surface area (Å²) in [6, 6.07) is 5.64. The van der Waals surface area contributed by atoms with Crippen LogP contribution in [-0.2, 0) is 4.79 Å². The first-order valence-electron chi connectivity index (χ1n) is 5.32. The van der Waals surface area contributed by atoms with E-state index in [-0.39, 0.29) is 11.7 Å². The van der Waals surface area contributed by atoms with E-state index in [4.69, 9.17) is 0 Å². The normalized spacial score (nSPS) is 12.8. The second-order valence-electron chi connectivity index (χ2n) is 4.28.